The second kappa shape index (κ2) is 6.03. The van der Waals surface area contributed by atoms with Crippen molar-refractivity contribution in [1.82, 2.24) is 8.96 Å². The SMILES string of the molecule is O=S(=O)(c1ccccc1)n1ccc2cc(C3CCOCC3)cnc21. The van der Waals surface area contributed by atoms with E-state index in [0.29, 0.717) is 11.6 Å². The zero-order valence-electron chi connectivity index (χ0n) is 13.1. The predicted octanol–water partition coefficient (Wildman–Crippen LogP) is 3.17. The standard InChI is InChI=1S/C18H18N2O3S/c21-24(22,17-4-2-1-3-5-17)20-9-6-15-12-16(13-19-18(15)20)14-7-10-23-11-8-14/h1-6,9,12-14H,7-8,10-11H2. The van der Waals surface area contributed by atoms with E-state index in [9.17, 15) is 8.42 Å². The molecule has 6 heteroatoms. The van der Waals surface area contributed by atoms with Crippen molar-refractivity contribution in [2.75, 3.05) is 13.2 Å². The second-order valence-corrected chi connectivity index (χ2v) is 7.81. The van der Waals surface area contributed by atoms with E-state index in [1.165, 1.54) is 3.97 Å². The summed E-state index contributed by atoms with van der Waals surface area (Å²) in [4.78, 5) is 4.71. The molecule has 3 heterocycles. The Bertz CT molecular complexity index is 958. The summed E-state index contributed by atoms with van der Waals surface area (Å²) < 4.78 is 32.3. The summed E-state index contributed by atoms with van der Waals surface area (Å²) in [6.07, 6.45) is 5.34. The Morgan fingerprint density at radius 2 is 1.83 bits per heavy atom. The van der Waals surface area contributed by atoms with Crippen LogP contribution in [-0.2, 0) is 14.8 Å². The van der Waals surface area contributed by atoms with Crippen LogP contribution in [0.15, 0.2) is 59.8 Å². The molecule has 2 aromatic heterocycles. The molecule has 0 amide bonds. The molecule has 1 saturated heterocycles. The van der Waals surface area contributed by atoms with E-state index in [-0.39, 0.29) is 4.90 Å². The van der Waals surface area contributed by atoms with Gasteiger partial charge in [0, 0.05) is 31.0 Å². The molecule has 1 aliphatic rings. The van der Waals surface area contributed by atoms with Gasteiger partial charge in [-0.05, 0) is 48.6 Å². The highest BCUT2D eigenvalue weighted by Crippen LogP contribution is 2.29. The van der Waals surface area contributed by atoms with Crippen molar-refractivity contribution >= 4 is 21.1 Å². The zero-order valence-corrected chi connectivity index (χ0v) is 13.9. The van der Waals surface area contributed by atoms with Gasteiger partial charge in [0.05, 0.1) is 4.90 Å². The van der Waals surface area contributed by atoms with Crippen LogP contribution in [0.4, 0.5) is 0 Å². The predicted molar refractivity (Wildman–Crippen MR) is 91.6 cm³/mol. The van der Waals surface area contributed by atoms with E-state index < -0.39 is 10.0 Å². The summed E-state index contributed by atoms with van der Waals surface area (Å²) >= 11 is 0. The van der Waals surface area contributed by atoms with Crippen LogP contribution in [0, 0.1) is 0 Å². The highest BCUT2D eigenvalue weighted by atomic mass is 32.2. The van der Waals surface area contributed by atoms with E-state index in [2.05, 4.69) is 11.1 Å². The molecule has 124 valence electrons. The van der Waals surface area contributed by atoms with E-state index in [1.54, 1.807) is 42.7 Å². The van der Waals surface area contributed by atoms with Crippen molar-refractivity contribution in [2.45, 2.75) is 23.7 Å². The molecule has 3 aromatic rings. The smallest absolute Gasteiger partial charge is 0.269 e. The largest absolute Gasteiger partial charge is 0.381 e. The summed E-state index contributed by atoms with van der Waals surface area (Å²) in [6, 6.07) is 12.3. The van der Waals surface area contributed by atoms with Gasteiger partial charge in [0.1, 0.15) is 0 Å². The Morgan fingerprint density at radius 1 is 1.08 bits per heavy atom. The van der Waals surface area contributed by atoms with Crippen LogP contribution in [0.3, 0.4) is 0 Å². The van der Waals surface area contributed by atoms with Crippen molar-refractivity contribution in [3.63, 3.8) is 0 Å². The van der Waals surface area contributed by atoms with Crippen LogP contribution in [-0.4, -0.2) is 30.6 Å². The first-order valence-electron chi connectivity index (χ1n) is 8.01. The lowest BCUT2D eigenvalue weighted by molar-refractivity contribution is 0.0853. The van der Waals surface area contributed by atoms with E-state index in [0.717, 1.165) is 37.0 Å². The van der Waals surface area contributed by atoms with Crippen molar-refractivity contribution < 1.29 is 13.2 Å². The monoisotopic (exact) mass is 342 g/mol. The van der Waals surface area contributed by atoms with Crippen LogP contribution < -0.4 is 0 Å². The number of hydrogen-bond donors (Lipinski definition) is 0. The Morgan fingerprint density at radius 3 is 2.58 bits per heavy atom. The Balaban J connectivity index is 1.76. The highest BCUT2D eigenvalue weighted by Gasteiger charge is 2.21. The normalized spacial score (nSPS) is 16.5. The summed E-state index contributed by atoms with van der Waals surface area (Å²) in [5.74, 6) is 0.435. The third-order valence-electron chi connectivity index (χ3n) is 4.51. The molecule has 1 aliphatic heterocycles. The summed E-state index contributed by atoms with van der Waals surface area (Å²) in [6.45, 7) is 1.54. The van der Waals surface area contributed by atoms with Crippen molar-refractivity contribution in [3.05, 3.63) is 60.4 Å². The topological polar surface area (TPSA) is 61.2 Å². The molecule has 0 radical (unpaired) electrons. The van der Waals surface area contributed by atoms with Crippen molar-refractivity contribution in [3.8, 4) is 0 Å². The molecule has 0 bridgehead atoms. The fourth-order valence-corrected chi connectivity index (χ4v) is 4.50. The van der Waals surface area contributed by atoms with Crippen molar-refractivity contribution in [1.29, 1.82) is 0 Å². The molecular formula is C18H18N2O3S. The van der Waals surface area contributed by atoms with Crippen LogP contribution in [0.1, 0.15) is 24.3 Å². The fraction of sp³-hybridized carbons (Fsp3) is 0.278. The number of fused-ring (bicyclic) bond motifs is 1. The molecule has 1 fully saturated rings. The first-order valence-corrected chi connectivity index (χ1v) is 9.45. The van der Waals surface area contributed by atoms with E-state index >= 15 is 0 Å². The van der Waals surface area contributed by atoms with Gasteiger partial charge in [-0.15, -0.1) is 0 Å². The van der Waals surface area contributed by atoms with Gasteiger partial charge < -0.3 is 4.74 Å². The molecule has 0 aliphatic carbocycles. The Kier molecular flexibility index (Phi) is 3.86. The molecule has 0 saturated carbocycles. The van der Waals surface area contributed by atoms with E-state index in [1.807, 2.05) is 6.07 Å². The minimum atomic E-state index is -3.63. The van der Waals surface area contributed by atoms with Crippen molar-refractivity contribution in [2.24, 2.45) is 0 Å². The van der Waals surface area contributed by atoms with Crippen LogP contribution in [0.5, 0.6) is 0 Å². The van der Waals surface area contributed by atoms with Crippen LogP contribution in [0.25, 0.3) is 11.0 Å². The molecule has 0 spiro atoms. The molecule has 1 aromatic carbocycles. The minimum Gasteiger partial charge on any atom is -0.381 e. The average molecular weight is 342 g/mol. The number of pyridine rings is 1. The quantitative estimate of drug-likeness (QED) is 0.733. The number of nitrogens with zero attached hydrogens (tertiary/aromatic N) is 2. The molecule has 0 atom stereocenters. The zero-order chi connectivity index (χ0) is 16.6. The molecule has 5 nitrogen and oxygen atoms in total. The van der Waals surface area contributed by atoms with E-state index in [4.69, 9.17) is 4.74 Å². The molecule has 0 unspecified atom stereocenters. The van der Waals surface area contributed by atoms with Gasteiger partial charge in [0.25, 0.3) is 10.0 Å². The third kappa shape index (κ3) is 2.61. The lowest BCUT2D eigenvalue weighted by Gasteiger charge is -2.22. The first-order chi connectivity index (χ1) is 11.7. The van der Waals surface area contributed by atoms with Crippen LogP contribution >= 0.6 is 0 Å². The van der Waals surface area contributed by atoms with Gasteiger partial charge >= 0.3 is 0 Å². The van der Waals surface area contributed by atoms with Gasteiger partial charge in [-0.3, -0.25) is 0 Å². The first kappa shape index (κ1) is 15.4. The highest BCUT2D eigenvalue weighted by molar-refractivity contribution is 7.90. The summed E-state index contributed by atoms with van der Waals surface area (Å²) in [5, 5.41) is 0.846. The molecule has 0 N–H and O–H groups in total. The summed E-state index contributed by atoms with van der Waals surface area (Å²) in [7, 11) is -3.63. The average Bonchev–Trinajstić information content (AvgIpc) is 3.07. The second-order valence-electron chi connectivity index (χ2n) is 6.00. The Hall–Kier alpha value is -2.18. The maximum Gasteiger partial charge on any atom is 0.269 e. The maximum atomic E-state index is 12.8. The van der Waals surface area contributed by atoms with Gasteiger partial charge in [-0.25, -0.2) is 17.4 Å². The van der Waals surface area contributed by atoms with Gasteiger partial charge in [-0.2, -0.15) is 0 Å². The van der Waals surface area contributed by atoms with Crippen LogP contribution in [0.2, 0.25) is 0 Å². The number of aromatic nitrogens is 2. The fourth-order valence-electron chi connectivity index (χ4n) is 3.17. The number of ether oxygens (including phenoxy) is 1. The third-order valence-corrected chi connectivity index (χ3v) is 6.19. The lowest BCUT2D eigenvalue weighted by atomic mass is 9.93. The Labute approximate surface area is 141 Å². The summed E-state index contributed by atoms with van der Waals surface area (Å²) in [5.41, 5.74) is 1.62. The number of benzene rings is 1. The maximum absolute atomic E-state index is 12.8. The molecule has 4 rings (SSSR count). The van der Waals surface area contributed by atoms with Gasteiger partial charge in [0.2, 0.25) is 0 Å². The molecule has 24 heavy (non-hydrogen) atoms. The number of hydrogen-bond acceptors (Lipinski definition) is 4. The minimum absolute atomic E-state index is 0.262. The number of rotatable bonds is 3. The van der Waals surface area contributed by atoms with Gasteiger partial charge in [-0.1, -0.05) is 18.2 Å². The lowest BCUT2D eigenvalue weighted by Crippen LogP contribution is -2.15. The van der Waals surface area contributed by atoms with Gasteiger partial charge in [0.15, 0.2) is 5.65 Å². The molecular weight excluding hydrogens is 324 g/mol.